The molecule has 0 heterocycles. The van der Waals surface area contributed by atoms with Gasteiger partial charge in [0.2, 0.25) is 0 Å². The van der Waals surface area contributed by atoms with Gasteiger partial charge in [-0.15, -0.1) is 0 Å². The first-order valence-corrected chi connectivity index (χ1v) is 12.1. The topological polar surface area (TPSA) is 36.9 Å². The molecule has 0 N–H and O–H groups in total. The van der Waals surface area contributed by atoms with Gasteiger partial charge in [0, 0.05) is 6.42 Å². The van der Waals surface area contributed by atoms with Crippen molar-refractivity contribution < 1.29 is 18.9 Å². The fraction of sp³-hybridized carbons (Fsp3) is 0.941. The van der Waals surface area contributed by atoms with Crippen LogP contribution in [0.4, 0.5) is 0 Å². The van der Waals surface area contributed by atoms with Crippen molar-refractivity contribution in [2.45, 2.75) is 77.8 Å². The van der Waals surface area contributed by atoms with Crippen molar-refractivity contribution in [2.75, 3.05) is 26.4 Å². The van der Waals surface area contributed by atoms with E-state index < -0.39 is 9.04 Å². The summed E-state index contributed by atoms with van der Waals surface area (Å²) in [5, 5.41) is 0.776. The molecule has 0 aliphatic carbocycles. The summed E-state index contributed by atoms with van der Waals surface area (Å²) in [5.74, 6) is 0. The molecule has 0 aromatic rings. The molecule has 0 radical (unpaired) electrons. The molecule has 0 aliphatic heterocycles. The highest BCUT2D eigenvalue weighted by atomic mass is 32.1. The number of hydrogen-bond donors (Lipinski definition) is 0. The zero-order valence-corrected chi connectivity index (χ0v) is 17.3. The number of unbranched alkanes of at least 4 members (excludes halogenated alkanes) is 4. The first-order chi connectivity index (χ1) is 11.2. The molecule has 0 aromatic heterocycles. The smallest absolute Gasteiger partial charge is 0.174 e. The van der Waals surface area contributed by atoms with Gasteiger partial charge in [-0.2, -0.15) is 0 Å². The highest BCUT2D eigenvalue weighted by molar-refractivity contribution is 7.80. The van der Waals surface area contributed by atoms with Crippen LogP contribution in [0.25, 0.3) is 0 Å². The molecule has 0 aliphatic rings. The Labute approximate surface area is 149 Å². The lowest BCUT2D eigenvalue weighted by atomic mass is 10.1. The van der Waals surface area contributed by atoms with Crippen LogP contribution in [-0.2, 0) is 18.9 Å². The minimum Gasteiger partial charge on any atom is -0.487 e. The lowest BCUT2D eigenvalue weighted by Crippen LogP contribution is -2.18. The molecule has 0 saturated heterocycles. The van der Waals surface area contributed by atoms with E-state index in [4.69, 9.17) is 31.2 Å². The number of ether oxygens (including phenoxy) is 1. The largest absolute Gasteiger partial charge is 0.487 e. The Morgan fingerprint density at radius 2 is 1.57 bits per heavy atom. The van der Waals surface area contributed by atoms with Crippen LogP contribution in [0.3, 0.4) is 0 Å². The van der Waals surface area contributed by atoms with Crippen LogP contribution in [0.5, 0.6) is 0 Å². The first kappa shape index (κ1) is 23.0. The van der Waals surface area contributed by atoms with Crippen molar-refractivity contribution in [3.63, 3.8) is 0 Å². The lowest BCUT2D eigenvalue weighted by Gasteiger charge is -2.12. The van der Waals surface area contributed by atoms with Crippen LogP contribution in [0.1, 0.15) is 65.2 Å². The molecule has 0 rings (SSSR count). The van der Waals surface area contributed by atoms with Crippen LogP contribution in [0, 0.1) is 0 Å². The van der Waals surface area contributed by atoms with Gasteiger partial charge in [0.05, 0.1) is 19.8 Å². The van der Waals surface area contributed by atoms with Crippen molar-refractivity contribution in [2.24, 2.45) is 0 Å². The van der Waals surface area contributed by atoms with Gasteiger partial charge in [0.25, 0.3) is 0 Å². The molecule has 0 amide bonds. The molecule has 6 heteroatoms. The highest BCUT2D eigenvalue weighted by Gasteiger charge is 2.05. The molecule has 4 nitrogen and oxygen atoms in total. The van der Waals surface area contributed by atoms with E-state index in [1.165, 1.54) is 25.7 Å². The van der Waals surface area contributed by atoms with Crippen molar-refractivity contribution in [3.8, 4) is 0 Å². The second kappa shape index (κ2) is 18.3. The van der Waals surface area contributed by atoms with E-state index in [0.717, 1.165) is 43.4 Å². The Bertz CT molecular complexity index is 267. The Morgan fingerprint density at radius 3 is 2.30 bits per heavy atom. The summed E-state index contributed by atoms with van der Waals surface area (Å²) >= 11 is 5.26. The molecule has 0 aromatic carbocycles. The van der Waals surface area contributed by atoms with Crippen molar-refractivity contribution in [1.29, 1.82) is 0 Å². The van der Waals surface area contributed by atoms with Gasteiger partial charge >= 0.3 is 0 Å². The van der Waals surface area contributed by atoms with Crippen LogP contribution < -0.4 is 0 Å². The van der Waals surface area contributed by atoms with Crippen LogP contribution in [-0.4, -0.2) is 40.5 Å². The number of thiocarbonyl (C=S) groups is 1. The van der Waals surface area contributed by atoms with E-state index in [-0.39, 0.29) is 0 Å². The lowest BCUT2D eigenvalue weighted by molar-refractivity contribution is -0.296. The van der Waals surface area contributed by atoms with E-state index in [2.05, 4.69) is 20.4 Å². The Morgan fingerprint density at radius 1 is 0.826 bits per heavy atom. The predicted octanol–water partition coefficient (Wildman–Crippen LogP) is 4.81. The molecule has 23 heavy (non-hydrogen) atoms. The first-order valence-electron chi connectivity index (χ1n) is 9.22. The zero-order chi connectivity index (χ0) is 17.2. The van der Waals surface area contributed by atoms with E-state index in [1.54, 1.807) is 0 Å². The molecule has 1 atom stereocenters. The molecular weight excluding hydrogens is 328 g/mol. The maximum absolute atomic E-state index is 5.78. The predicted molar refractivity (Wildman–Crippen MR) is 103 cm³/mol. The minimum atomic E-state index is -1.12. The summed E-state index contributed by atoms with van der Waals surface area (Å²) < 4.78 is 11.4. The van der Waals surface area contributed by atoms with Gasteiger partial charge in [-0.25, -0.2) is 9.78 Å². The summed E-state index contributed by atoms with van der Waals surface area (Å²) in [6, 6.07) is 1.11. The SMILES string of the molecule is CCCCCCCC(=S)OCCC[SiH](C)OCCOOCCC. The maximum Gasteiger partial charge on any atom is 0.174 e. The second-order valence-corrected chi connectivity index (χ2v) is 8.84. The van der Waals surface area contributed by atoms with Gasteiger partial charge in [0.15, 0.2) is 14.1 Å². The fourth-order valence-electron chi connectivity index (χ4n) is 2.07. The van der Waals surface area contributed by atoms with Crippen LogP contribution in [0.15, 0.2) is 0 Å². The van der Waals surface area contributed by atoms with E-state index >= 15 is 0 Å². The summed E-state index contributed by atoms with van der Waals surface area (Å²) in [6.45, 7) is 8.99. The molecule has 0 saturated carbocycles. The van der Waals surface area contributed by atoms with Gasteiger partial charge in [-0.05, 0) is 44.1 Å². The normalized spacial score (nSPS) is 12.3. The molecule has 138 valence electrons. The van der Waals surface area contributed by atoms with Crippen molar-refractivity contribution in [3.05, 3.63) is 0 Å². The van der Waals surface area contributed by atoms with E-state index in [9.17, 15) is 0 Å². The van der Waals surface area contributed by atoms with Gasteiger partial charge in [0.1, 0.15) is 6.61 Å². The maximum atomic E-state index is 5.78. The summed E-state index contributed by atoms with van der Waals surface area (Å²) in [7, 11) is -1.12. The molecular formula is C17H36O4SSi. The third-order valence-corrected chi connectivity index (χ3v) is 5.79. The van der Waals surface area contributed by atoms with Crippen molar-refractivity contribution in [1.82, 2.24) is 0 Å². The fourth-order valence-corrected chi connectivity index (χ4v) is 3.70. The molecule has 0 spiro atoms. The monoisotopic (exact) mass is 364 g/mol. The molecule has 1 unspecified atom stereocenters. The van der Waals surface area contributed by atoms with Crippen LogP contribution in [0.2, 0.25) is 12.6 Å². The quantitative estimate of drug-likeness (QED) is 0.122. The Hall–Kier alpha value is -0.0131. The number of rotatable bonds is 17. The van der Waals surface area contributed by atoms with Gasteiger partial charge < -0.3 is 9.16 Å². The Balaban J connectivity index is 3.30. The second-order valence-electron chi connectivity index (χ2n) is 5.85. The highest BCUT2D eigenvalue weighted by Crippen LogP contribution is 2.07. The standard InChI is InChI=1S/C17H36O4SSi/c1-4-6-7-8-9-11-17(22)18-13-10-16-23(3)21-15-14-20-19-12-5-2/h23H,4-16H2,1-3H3. The van der Waals surface area contributed by atoms with E-state index in [0.29, 0.717) is 19.8 Å². The summed E-state index contributed by atoms with van der Waals surface area (Å²) in [4.78, 5) is 9.94. The Kier molecular flexibility index (Phi) is 18.3. The molecule has 0 bridgehead atoms. The average molecular weight is 365 g/mol. The minimum absolute atomic E-state index is 0.510. The zero-order valence-electron chi connectivity index (χ0n) is 15.3. The molecule has 0 fully saturated rings. The summed E-state index contributed by atoms with van der Waals surface area (Å²) in [5.41, 5.74) is 0. The third-order valence-electron chi connectivity index (χ3n) is 3.44. The number of hydrogen-bond acceptors (Lipinski definition) is 5. The summed E-state index contributed by atoms with van der Waals surface area (Å²) in [6.07, 6.45) is 9.26. The van der Waals surface area contributed by atoms with Gasteiger partial charge in [-0.3, -0.25) is 0 Å². The van der Waals surface area contributed by atoms with E-state index in [1.807, 2.05) is 0 Å². The van der Waals surface area contributed by atoms with Gasteiger partial charge in [-0.1, -0.05) is 39.5 Å². The van der Waals surface area contributed by atoms with Crippen molar-refractivity contribution >= 4 is 26.3 Å². The third kappa shape index (κ3) is 18.2. The van der Waals surface area contributed by atoms with Crippen LogP contribution >= 0.6 is 12.2 Å². The average Bonchev–Trinajstić information content (AvgIpc) is 2.54.